The second kappa shape index (κ2) is 5.93. The summed E-state index contributed by atoms with van der Waals surface area (Å²) in [4.78, 5) is 0. The van der Waals surface area contributed by atoms with E-state index in [1.165, 1.54) is 0 Å². The number of nitrogens with one attached hydrogen (secondary N) is 1. The fourth-order valence-electron chi connectivity index (χ4n) is 1.93. The molecule has 1 aromatic rings. The highest BCUT2D eigenvalue weighted by atomic mass is 16.5. The Morgan fingerprint density at radius 2 is 2.20 bits per heavy atom. The van der Waals surface area contributed by atoms with E-state index in [0.717, 1.165) is 12.2 Å². The number of likely N-dealkylation sites (N-methyl/N-ethyl adjacent to an activating group) is 1. The topological polar surface area (TPSA) is 34.4 Å². The van der Waals surface area contributed by atoms with Gasteiger partial charge in [-0.3, -0.25) is 0 Å². The van der Waals surface area contributed by atoms with Gasteiger partial charge in [0, 0.05) is 19.6 Å². The second-order valence-electron chi connectivity index (χ2n) is 4.12. The van der Waals surface area contributed by atoms with Gasteiger partial charge in [0.15, 0.2) is 0 Å². The molecule has 0 aliphatic heterocycles. The Balaban J connectivity index is 2.61. The SMILES string of the molecule is CNC(Cc1ccco1)C(OC)C(C)C. The van der Waals surface area contributed by atoms with Gasteiger partial charge in [0.05, 0.1) is 12.4 Å². The molecule has 0 aromatic carbocycles. The molecule has 0 fully saturated rings. The molecular formula is C12H21NO2. The van der Waals surface area contributed by atoms with E-state index in [4.69, 9.17) is 9.15 Å². The number of furan rings is 1. The molecule has 0 radical (unpaired) electrons. The van der Waals surface area contributed by atoms with Gasteiger partial charge in [0.25, 0.3) is 0 Å². The summed E-state index contributed by atoms with van der Waals surface area (Å²) in [6, 6.07) is 4.21. The predicted molar refractivity (Wildman–Crippen MR) is 60.9 cm³/mol. The zero-order valence-electron chi connectivity index (χ0n) is 9.99. The maximum absolute atomic E-state index is 5.51. The van der Waals surface area contributed by atoms with Crippen molar-refractivity contribution >= 4 is 0 Å². The monoisotopic (exact) mass is 211 g/mol. The lowest BCUT2D eigenvalue weighted by Gasteiger charge is -2.28. The quantitative estimate of drug-likeness (QED) is 0.782. The summed E-state index contributed by atoms with van der Waals surface area (Å²) in [7, 11) is 3.72. The molecule has 2 atom stereocenters. The van der Waals surface area contributed by atoms with E-state index in [2.05, 4.69) is 19.2 Å². The predicted octanol–water partition coefficient (Wildman–Crippen LogP) is 2.08. The Bertz CT molecular complexity index is 257. The van der Waals surface area contributed by atoms with Crippen LogP contribution in [0, 0.1) is 5.92 Å². The van der Waals surface area contributed by atoms with Crippen LogP contribution in [0.4, 0.5) is 0 Å². The molecule has 0 bridgehead atoms. The van der Waals surface area contributed by atoms with Crippen LogP contribution in [0.2, 0.25) is 0 Å². The second-order valence-corrected chi connectivity index (χ2v) is 4.12. The molecule has 2 unspecified atom stereocenters. The molecule has 0 aliphatic rings. The fraction of sp³-hybridized carbons (Fsp3) is 0.667. The van der Waals surface area contributed by atoms with Crippen LogP contribution in [0.5, 0.6) is 0 Å². The van der Waals surface area contributed by atoms with Crippen molar-refractivity contribution in [3.63, 3.8) is 0 Å². The van der Waals surface area contributed by atoms with Crippen LogP contribution in [-0.2, 0) is 11.2 Å². The average molecular weight is 211 g/mol. The van der Waals surface area contributed by atoms with E-state index in [-0.39, 0.29) is 6.10 Å². The molecule has 3 nitrogen and oxygen atoms in total. The third-order valence-corrected chi connectivity index (χ3v) is 2.70. The smallest absolute Gasteiger partial charge is 0.105 e. The largest absolute Gasteiger partial charge is 0.469 e. The molecule has 15 heavy (non-hydrogen) atoms. The Morgan fingerprint density at radius 1 is 1.47 bits per heavy atom. The van der Waals surface area contributed by atoms with Crippen molar-refractivity contribution in [1.82, 2.24) is 5.32 Å². The molecule has 0 amide bonds. The highest BCUT2D eigenvalue weighted by Gasteiger charge is 2.23. The molecule has 1 N–H and O–H groups in total. The maximum atomic E-state index is 5.51. The summed E-state index contributed by atoms with van der Waals surface area (Å²) in [5.74, 6) is 1.49. The number of hydrogen-bond acceptors (Lipinski definition) is 3. The molecule has 0 aliphatic carbocycles. The van der Waals surface area contributed by atoms with Gasteiger partial charge >= 0.3 is 0 Å². The molecule has 1 rings (SSSR count). The summed E-state index contributed by atoms with van der Waals surface area (Å²) in [6.45, 7) is 4.33. The first-order valence-electron chi connectivity index (χ1n) is 5.41. The fourth-order valence-corrected chi connectivity index (χ4v) is 1.93. The summed E-state index contributed by atoms with van der Waals surface area (Å²) in [5.41, 5.74) is 0. The van der Waals surface area contributed by atoms with Crippen molar-refractivity contribution in [2.24, 2.45) is 5.92 Å². The molecule has 0 spiro atoms. The first-order chi connectivity index (χ1) is 7.19. The summed E-state index contributed by atoms with van der Waals surface area (Å²) >= 11 is 0. The highest BCUT2D eigenvalue weighted by Crippen LogP contribution is 2.14. The Kier molecular flexibility index (Phi) is 4.85. The van der Waals surface area contributed by atoms with Gasteiger partial charge in [0.1, 0.15) is 5.76 Å². The molecule has 1 heterocycles. The summed E-state index contributed by atoms with van der Waals surface area (Å²) in [6.07, 6.45) is 2.78. The van der Waals surface area contributed by atoms with Crippen LogP contribution in [0.15, 0.2) is 22.8 Å². The Labute approximate surface area is 91.8 Å². The van der Waals surface area contributed by atoms with Crippen LogP contribution in [-0.4, -0.2) is 26.3 Å². The minimum atomic E-state index is 0.208. The van der Waals surface area contributed by atoms with Crippen molar-refractivity contribution in [3.05, 3.63) is 24.2 Å². The van der Waals surface area contributed by atoms with Crippen molar-refractivity contribution in [2.45, 2.75) is 32.4 Å². The third kappa shape index (κ3) is 3.36. The lowest BCUT2D eigenvalue weighted by atomic mass is 9.96. The summed E-state index contributed by atoms with van der Waals surface area (Å²) in [5, 5.41) is 3.29. The number of methoxy groups -OCH3 is 1. The van der Waals surface area contributed by atoms with E-state index in [1.54, 1.807) is 13.4 Å². The van der Waals surface area contributed by atoms with Gasteiger partial charge in [-0.15, -0.1) is 0 Å². The molecule has 0 saturated heterocycles. The van der Waals surface area contributed by atoms with E-state index in [9.17, 15) is 0 Å². The molecule has 86 valence electrons. The van der Waals surface area contributed by atoms with Gasteiger partial charge in [-0.05, 0) is 25.1 Å². The minimum absolute atomic E-state index is 0.208. The summed E-state index contributed by atoms with van der Waals surface area (Å²) < 4.78 is 10.9. The first-order valence-corrected chi connectivity index (χ1v) is 5.41. The lowest BCUT2D eigenvalue weighted by Crippen LogP contribution is -2.43. The zero-order chi connectivity index (χ0) is 11.3. The van der Waals surface area contributed by atoms with Crippen LogP contribution < -0.4 is 5.32 Å². The van der Waals surface area contributed by atoms with Crippen LogP contribution in [0.25, 0.3) is 0 Å². The molecular weight excluding hydrogens is 190 g/mol. The third-order valence-electron chi connectivity index (χ3n) is 2.70. The Hall–Kier alpha value is -0.800. The molecule has 0 saturated carbocycles. The van der Waals surface area contributed by atoms with Crippen molar-refractivity contribution < 1.29 is 9.15 Å². The van der Waals surface area contributed by atoms with E-state index < -0.39 is 0 Å². The van der Waals surface area contributed by atoms with Crippen molar-refractivity contribution in [1.29, 1.82) is 0 Å². The average Bonchev–Trinajstić information content (AvgIpc) is 2.69. The van der Waals surface area contributed by atoms with Crippen LogP contribution >= 0.6 is 0 Å². The minimum Gasteiger partial charge on any atom is -0.469 e. The maximum Gasteiger partial charge on any atom is 0.105 e. The lowest BCUT2D eigenvalue weighted by molar-refractivity contribution is 0.0340. The van der Waals surface area contributed by atoms with Gasteiger partial charge < -0.3 is 14.5 Å². The van der Waals surface area contributed by atoms with Crippen molar-refractivity contribution in [2.75, 3.05) is 14.2 Å². The number of rotatable bonds is 6. The van der Waals surface area contributed by atoms with E-state index in [1.807, 2.05) is 19.2 Å². The standard InChI is InChI=1S/C12H21NO2/c1-9(2)12(14-4)11(13-3)8-10-6-5-7-15-10/h5-7,9,11-13H,8H2,1-4H3. The molecule has 3 heteroatoms. The van der Waals surface area contributed by atoms with Crippen molar-refractivity contribution in [3.8, 4) is 0 Å². The van der Waals surface area contributed by atoms with Gasteiger partial charge in [0.2, 0.25) is 0 Å². The van der Waals surface area contributed by atoms with Gasteiger partial charge in [-0.2, -0.15) is 0 Å². The van der Waals surface area contributed by atoms with Crippen LogP contribution in [0.3, 0.4) is 0 Å². The Morgan fingerprint density at radius 3 is 2.60 bits per heavy atom. The van der Waals surface area contributed by atoms with E-state index >= 15 is 0 Å². The normalized spacial score (nSPS) is 15.5. The van der Waals surface area contributed by atoms with Crippen LogP contribution in [0.1, 0.15) is 19.6 Å². The highest BCUT2D eigenvalue weighted by molar-refractivity contribution is 5.01. The molecule has 1 aromatic heterocycles. The van der Waals surface area contributed by atoms with Gasteiger partial charge in [-0.25, -0.2) is 0 Å². The van der Waals surface area contributed by atoms with E-state index in [0.29, 0.717) is 12.0 Å². The zero-order valence-corrected chi connectivity index (χ0v) is 9.99. The number of ether oxygens (including phenoxy) is 1. The number of hydrogen-bond donors (Lipinski definition) is 1. The first kappa shape index (κ1) is 12.3. The van der Waals surface area contributed by atoms with Gasteiger partial charge in [-0.1, -0.05) is 13.8 Å².